The van der Waals surface area contributed by atoms with Crippen molar-refractivity contribution >= 4 is 58.5 Å². The first kappa shape index (κ1) is 16.1. The molecule has 0 saturated carbocycles. The van der Waals surface area contributed by atoms with E-state index in [1.54, 1.807) is 0 Å². The summed E-state index contributed by atoms with van der Waals surface area (Å²) in [5.41, 5.74) is 0.265. The van der Waals surface area contributed by atoms with Crippen molar-refractivity contribution in [1.29, 1.82) is 0 Å². The fourth-order valence-corrected chi connectivity index (χ4v) is 2.94. The monoisotopic (exact) mass is 346 g/mol. The largest absolute Gasteiger partial charge is 0.338 e. The molecule has 0 aliphatic carbocycles. The number of imide groups is 2. The summed E-state index contributed by atoms with van der Waals surface area (Å²) < 4.78 is 0. The number of hydrogen-bond acceptors (Lipinski definition) is 4. The molecule has 1 fully saturated rings. The van der Waals surface area contributed by atoms with Crippen molar-refractivity contribution in [3.8, 4) is 0 Å². The second-order valence-corrected chi connectivity index (χ2v) is 6.40. The molecule has 1 aliphatic rings. The first-order chi connectivity index (χ1) is 9.93. The summed E-state index contributed by atoms with van der Waals surface area (Å²) in [5.74, 6) is 0.0682. The molecule has 0 aromatic heterocycles. The van der Waals surface area contributed by atoms with Gasteiger partial charge in [0.1, 0.15) is 6.54 Å². The highest BCUT2D eigenvalue weighted by molar-refractivity contribution is 7.99. The standard InChI is InChI=1S/C13H12Cl2N2O3S/c1-2-21-7-12(19)16-6-11(18)17(13(16)20)10-4-8(14)3-9(15)5-10/h3-5H,2,6-7H2,1H3. The van der Waals surface area contributed by atoms with E-state index in [2.05, 4.69) is 0 Å². The Hall–Kier alpha value is -1.24. The van der Waals surface area contributed by atoms with Crippen LogP contribution in [0.5, 0.6) is 0 Å². The Morgan fingerprint density at radius 2 is 1.86 bits per heavy atom. The van der Waals surface area contributed by atoms with Crippen LogP contribution in [0.15, 0.2) is 18.2 Å². The van der Waals surface area contributed by atoms with Gasteiger partial charge in [0, 0.05) is 10.0 Å². The van der Waals surface area contributed by atoms with E-state index < -0.39 is 11.9 Å². The highest BCUT2D eigenvalue weighted by atomic mass is 35.5. The van der Waals surface area contributed by atoms with Crippen LogP contribution < -0.4 is 4.90 Å². The van der Waals surface area contributed by atoms with Crippen molar-refractivity contribution in [2.24, 2.45) is 0 Å². The van der Waals surface area contributed by atoms with E-state index in [1.165, 1.54) is 30.0 Å². The normalized spacial score (nSPS) is 15.0. The summed E-state index contributed by atoms with van der Waals surface area (Å²) in [6.07, 6.45) is 0. The van der Waals surface area contributed by atoms with E-state index >= 15 is 0 Å². The molecular formula is C13H12Cl2N2O3S. The van der Waals surface area contributed by atoms with Gasteiger partial charge in [-0.25, -0.2) is 9.69 Å². The molecule has 21 heavy (non-hydrogen) atoms. The lowest BCUT2D eigenvalue weighted by Crippen LogP contribution is -2.37. The van der Waals surface area contributed by atoms with Gasteiger partial charge in [0.2, 0.25) is 5.91 Å². The Morgan fingerprint density at radius 1 is 1.24 bits per heavy atom. The van der Waals surface area contributed by atoms with Crippen LogP contribution in [0.3, 0.4) is 0 Å². The predicted molar refractivity (Wildman–Crippen MR) is 84.1 cm³/mol. The third kappa shape index (κ3) is 3.51. The minimum Gasteiger partial charge on any atom is -0.273 e. The van der Waals surface area contributed by atoms with Crippen LogP contribution in [-0.4, -0.2) is 40.8 Å². The van der Waals surface area contributed by atoms with Crippen LogP contribution in [0.4, 0.5) is 10.5 Å². The molecule has 1 aromatic carbocycles. The Bertz CT molecular complexity index is 589. The fraction of sp³-hybridized carbons (Fsp3) is 0.308. The number of thioether (sulfide) groups is 1. The van der Waals surface area contributed by atoms with Crippen molar-refractivity contribution in [1.82, 2.24) is 4.90 Å². The van der Waals surface area contributed by atoms with Gasteiger partial charge in [-0.3, -0.25) is 14.5 Å². The molecule has 4 amide bonds. The number of hydrogen-bond donors (Lipinski definition) is 0. The molecule has 0 bridgehead atoms. The van der Waals surface area contributed by atoms with Gasteiger partial charge >= 0.3 is 6.03 Å². The number of carbonyl (C=O) groups is 3. The smallest absolute Gasteiger partial charge is 0.273 e. The third-order valence-corrected chi connectivity index (χ3v) is 4.10. The molecule has 0 spiro atoms. The minimum atomic E-state index is -0.667. The molecule has 1 aliphatic heterocycles. The van der Waals surface area contributed by atoms with Gasteiger partial charge in [0.15, 0.2) is 0 Å². The SMILES string of the molecule is CCSCC(=O)N1CC(=O)N(c2cc(Cl)cc(Cl)c2)C1=O. The summed E-state index contributed by atoms with van der Waals surface area (Å²) in [7, 11) is 0. The average molecular weight is 347 g/mol. The molecule has 112 valence electrons. The maximum absolute atomic E-state index is 12.3. The number of benzene rings is 1. The molecule has 2 rings (SSSR count). The van der Waals surface area contributed by atoms with E-state index in [0.29, 0.717) is 10.0 Å². The quantitative estimate of drug-likeness (QED) is 0.786. The molecule has 8 heteroatoms. The van der Waals surface area contributed by atoms with E-state index in [4.69, 9.17) is 23.2 Å². The summed E-state index contributed by atoms with van der Waals surface area (Å²) in [5, 5.41) is 0.619. The predicted octanol–water partition coefficient (Wildman–Crippen LogP) is 3.04. The van der Waals surface area contributed by atoms with Crippen molar-refractivity contribution < 1.29 is 14.4 Å². The van der Waals surface area contributed by atoms with Crippen LogP contribution in [-0.2, 0) is 9.59 Å². The molecule has 1 aromatic rings. The Labute approximate surface area is 136 Å². The molecule has 5 nitrogen and oxygen atoms in total. The summed E-state index contributed by atoms with van der Waals surface area (Å²) in [4.78, 5) is 38.1. The Balaban J connectivity index is 2.24. The topological polar surface area (TPSA) is 57.7 Å². The number of halogens is 2. The van der Waals surface area contributed by atoms with Crippen LogP contribution in [0, 0.1) is 0 Å². The number of amides is 4. The second kappa shape index (κ2) is 6.68. The van der Waals surface area contributed by atoms with Crippen molar-refractivity contribution in [3.05, 3.63) is 28.2 Å². The first-order valence-corrected chi connectivity index (χ1v) is 8.06. The third-order valence-electron chi connectivity index (χ3n) is 2.80. The van der Waals surface area contributed by atoms with E-state index in [1.807, 2.05) is 6.92 Å². The maximum Gasteiger partial charge on any atom is 0.338 e. The lowest BCUT2D eigenvalue weighted by molar-refractivity contribution is -0.127. The lowest BCUT2D eigenvalue weighted by Gasteiger charge is -2.16. The fourth-order valence-electron chi connectivity index (χ4n) is 1.89. The number of rotatable bonds is 4. The maximum atomic E-state index is 12.3. The highest BCUT2D eigenvalue weighted by Crippen LogP contribution is 2.28. The van der Waals surface area contributed by atoms with E-state index in [0.717, 1.165) is 15.6 Å². The second-order valence-electron chi connectivity index (χ2n) is 4.26. The molecule has 0 atom stereocenters. The number of anilines is 1. The van der Waals surface area contributed by atoms with E-state index in [9.17, 15) is 14.4 Å². The summed E-state index contributed by atoms with van der Waals surface area (Å²) >= 11 is 13.1. The highest BCUT2D eigenvalue weighted by Gasteiger charge is 2.40. The number of nitrogens with zero attached hydrogens (tertiary/aromatic N) is 2. The summed E-state index contributed by atoms with van der Waals surface area (Å²) in [6, 6.07) is 3.74. The zero-order chi connectivity index (χ0) is 15.6. The zero-order valence-corrected chi connectivity index (χ0v) is 13.5. The van der Waals surface area contributed by atoms with Gasteiger partial charge in [0.05, 0.1) is 11.4 Å². The van der Waals surface area contributed by atoms with Crippen LogP contribution >= 0.6 is 35.0 Å². The van der Waals surface area contributed by atoms with Crippen molar-refractivity contribution in [2.75, 3.05) is 23.0 Å². The zero-order valence-electron chi connectivity index (χ0n) is 11.1. The van der Waals surface area contributed by atoms with Crippen molar-refractivity contribution in [2.45, 2.75) is 6.92 Å². The molecule has 1 saturated heterocycles. The van der Waals surface area contributed by atoms with Gasteiger partial charge in [-0.05, 0) is 24.0 Å². The van der Waals surface area contributed by atoms with E-state index in [-0.39, 0.29) is 23.9 Å². The molecular weight excluding hydrogens is 335 g/mol. The van der Waals surface area contributed by atoms with Gasteiger partial charge in [0.25, 0.3) is 5.91 Å². The lowest BCUT2D eigenvalue weighted by atomic mass is 10.3. The number of carbonyl (C=O) groups excluding carboxylic acids is 3. The Kier molecular flexibility index (Phi) is 5.13. The van der Waals surface area contributed by atoms with Gasteiger partial charge in [-0.15, -0.1) is 0 Å². The number of urea groups is 1. The molecule has 0 N–H and O–H groups in total. The molecule has 0 radical (unpaired) electrons. The molecule has 0 unspecified atom stereocenters. The summed E-state index contributed by atoms with van der Waals surface area (Å²) in [6.45, 7) is 1.65. The minimum absolute atomic E-state index is 0.166. The van der Waals surface area contributed by atoms with Crippen molar-refractivity contribution in [3.63, 3.8) is 0 Å². The van der Waals surface area contributed by atoms with Gasteiger partial charge in [-0.2, -0.15) is 11.8 Å². The Morgan fingerprint density at radius 3 is 2.43 bits per heavy atom. The van der Waals surface area contributed by atoms with Gasteiger partial charge in [-0.1, -0.05) is 30.1 Å². The van der Waals surface area contributed by atoms with Crippen LogP contribution in [0.1, 0.15) is 6.92 Å². The van der Waals surface area contributed by atoms with Crippen LogP contribution in [0.2, 0.25) is 10.0 Å². The van der Waals surface area contributed by atoms with Crippen LogP contribution in [0.25, 0.3) is 0 Å². The molecule has 1 heterocycles. The first-order valence-electron chi connectivity index (χ1n) is 6.15. The average Bonchev–Trinajstić information content (AvgIpc) is 2.70. The van der Waals surface area contributed by atoms with Gasteiger partial charge < -0.3 is 0 Å².